The van der Waals surface area contributed by atoms with Gasteiger partial charge in [0.15, 0.2) is 0 Å². The highest BCUT2D eigenvalue weighted by atomic mass is 79.9. The number of halogens is 2. The Morgan fingerprint density at radius 3 is 2.57 bits per heavy atom. The molecule has 0 radical (unpaired) electrons. The van der Waals surface area contributed by atoms with Crippen molar-refractivity contribution in [3.05, 3.63) is 32.8 Å². The van der Waals surface area contributed by atoms with Crippen molar-refractivity contribution in [1.82, 2.24) is 24.9 Å². The van der Waals surface area contributed by atoms with Crippen molar-refractivity contribution in [2.45, 2.75) is 46.7 Å². The van der Waals surface area contributed by atoms with Gasteiger partial charge in [-0.05, 0) is 43.1 Å². The number of carbonyl (C=O) groups is 1. The maximum atomic E-state index is 11.9. The molecule has 126 valence electrons. The molecule has 0 aromatic carbocycles. The monoisotopic (exact) mass is 401 g/mol. The van der Waals surface area contributed by atoms with Crippen LogP contribution in [0.2, 0.25) is 5.02 Å². The van der Waals surface area contributed by atoms with Crippen LogP contribution in [-0.4, -0.2) is 32.0 Å². The number of nitrogens with one attached hydrogen (secondary N) is 1. The lowest BCUT2D eigenvalue weighted by atomic mass is 10.3. The van der Waals surface area contributed by atoms with E-state index in [0.29, 0.717) is 19.5 Å². The summed E-state index contributed by atoms with van der Waals surface area (Å²) >= 11 is 9.52. The summed E-state index contributed by atoms with van der Waals surface area (Å²) in [5.41, 5.74) is 2.84. The van der Waals surface area contributed by atoms with Gasteiger partial charge in [0.2, 0.25) is 5.91 Å². The predicted octanol–water partition coefficient (Wildman–Crippen LogP) is 3.02. The maximum absolute atomic E-state index is 11.9. The molecule has 1 N–H and O–H groups in total. The zero-order chi connectivity index (χ0) is 17.0. The average Bonchev–Trinajstić information content (AvgIpc) is 2.97. The summed E-state index contributed by atoms with van der Waals surface area (Å²) in [6, 6.07) is 0. The molecule has 0 spiro atoms. The molecule has 2 heterocycles. The topological polar surface area (TPSA) is 64.7 Å². The Balaban J connectivity index is 1.69. The fourth-order valence-electron chi connectivity index (χ4n) is 2.29. The van der Waals surface area contributed by atoms with E-state index < -0.39 is 0 Å². The largest absolute Gasteiger partial charge is 0.356 e. The number of amides is 1. The van der Waals surface area contributed by atoms with E-state index in [1.54, 1.807) is 6.20 Å². The third kappa shape index (κ3) is 4.57. The standard InChI is InChI=1S/C15H21BrClN5O/c1-10-15(17)12(3)22(20-10)7-4-6-18-14(23)5-8-21-11(2)13(16)9-19-21/h9H,4-8H2,1-3H3,(H,18,23). The Hall–Kier alpha value is -1.34. The first-order chi connectivity index (χ1) is 10.9. The maximum Gasteiger partial charge on any atom is 0.221 e. The minimum atomic E-state index is 0.0300. The minimum Gasteiger partial charge on any atom is -0.356 e. The quantitative estimate of drug-likeness (QED) is 0.724. The fraction of sp³-hybridized carbons (Fsp3) is 0.533. The molecule has 0 aliphatic carbocycles. The van der Waals surface area contributed by atoms with Crippen molar-refractivity contribution in [3.63, 3.8) is 0 Å². The van der Waals surface area contributed by atoms with E-state index in [0.717, 1.165) is 39.5 Å². The zero-order valence-electron chi connectivity index (χ0n) is 13.6. The van der Waals surface area contributed by atoms with Crippen LogP contribution < -0.4 is 5.32 Å². The van der Waals surface area contributed by atoms with Gasteiger partial charge in [0.1, 0.15) is 0 Å². The molecule has 0 unspecified atom stereocenters. The lowest BCUT2D eigenvalue weighted by Gasteiger charge is -2.08. The average molecular weight is 403 g/mol. The summed E-state index contributed by atoms with van der Waals surface area (Å²) < 4.78 is 4.66. The SMILES string of the molecule is Cc1nn(CCCNC(=O)CCn2ncc(Br)c2C)c(C)c1Cl. The molecule has 0 saturated carbocycles. The smallest absolute Gasteiger partial charge is 0.221 e. The van der Waals surface area contributed by atoms with Crippen LogP contribution >= 0.6 is 27.5 Å². The van der Waals surface area contributed by atoms with Gasteiger partial charge < -0.3 is 5.32 Å². The molecular weight excluding hydrogens is 382 g/mol. The molecule has 2 aromatic heterocycles. The lowest BCUT2D eigenvalue weighted by molar-refractivity contribution is -0.121. The van der Waals surface area contributed by atoms with Gasteiger partial charge in [-0.25, -0.2) is 0 Å². The minimum absolute atomic E-state index is 0.0300. The van der Waals surface area contributed by atoms with E-state index in [2.05, 4.69) is 31.4 Å². The molecule has 8 heteroatoms. The summed E-state index contributed by atoms with van der Waals surface area (Å²) in [5, 5.41) is 12.2. The Morgan fingerprint density at radius 1 is 1.26 bits per heavy atom. The Bertz CT molecular complexity index is 694. The van der Waals surface area contributed by atoms with Gasteiger partial charge in [-0.1, -0.05) is 11.6 Å². The van der Waals surface area contributed by atoms with E-state index in [-0.39, 0.29) is 5.91 Å². The predicted molar refractivity (Wildman–Crippen MR) is 93.6 cm³/mol. The van der Waals surface area contributed by atoms with Crippen LogP contribution in [0.5, 0.6) is 0 Å². The lowest BCUT2D eigenvalue weighted by Crippen LogP contribution is -2.26. The van der Waals surface area contributed by atoms with Gasteiger partial charge in [-0.3, -0.25) is 14.2 Å². The van der Waals surface area contributed by atoms with Crippen LogP contribution in [0.25, 0.3) is 0 Å². The molecule has 0 bridgehead atoms. The molecule has 0 atom stereocenters. The number of aromatic nitrogens is 4. The summed E-state index contributed by atoms with van der Waals surface area (Å²) in [6.45, 7) is 7.75. The highest BCUT2D eigenvalue weighted by Gasteiger charge is 2.09. The van der Waals surface area contributed by atoms with Crippen molar-refractivity contribution >= 4 is 33.4 Å². The van der Waals surface area contributed by atoms with Crippen LogP contribution in [0.4, 0.5) is 0 Å². The summed E-state index contributed by atoms with van der Waals surface area (Å²) in [7, 11) is 0. The molecule has 23 heavy (non-hydrogen) atoms. The van der Waals surface area contributed by atoms with Crippen LogP contribution in [0.15, 0.2) is 10.7 Å². The Kier molecular flexibility index (Phi) is 6.24. The van der Waals surface area contributed by atoms with Crippen LogP contribution in [-0.2, 0) is 17.9 Å². The van der Waals surface area contributed by atoms with Crippen molar-refractivity contribution in [3.8, 4) is 0 Å². The highest BCUT2D eigenvalue weighted by Crippen LogP contribution is 2.18. The third-order valence-corrected chi connectivity index (χ3v) is 5.08. The first-order valence-electron chi connectivity index (χ1n) is 7.54. The van der Waals surface area contributed by atoms with Crippen LogP contribution in [0.1, 0.15) is 29.9 Å². The third-order valence-electron chi connectivity index (χ3n) is 3.76. The summed E-state index contributed by atoms with van der Waals surface area (Å²) in [6.07, 6.45) is 2.98. The molecule has 0 aliphatic rings. The second-order valence-corrected chi connectivity index (χ2v) is 6.69. The molecule has 0 fully saturated rings. The Morgan fingerprint density at radius 2 is 2.00 bits per heavy atom. The van der Waals surface area contributed by atoms with Gasteiger partial charge in [0, 0.05) is 31.7 Å². The van der Waals surface area contributed by atoms with E-state index in [1.165, 1.54) is 0 Å². The van der Waals surface area contributed by atoms with Crippen molar-refractivity contribution < 1.29 is 4.79 Å². The molecule has 0 aliphatic heterocycles. The normalized spacial score (nSPS) is 11.0. The molecule has 1 amide bonds. The van der Waals surface area contributed by atoms with Gasteiger partial charge in [0.05, 0.1) is 27.1 Å². The van der Waals surface area contributed by atoms with Crippen molar-refractivity contribution in [1.29, 1.82) is 0 Å². The van der Waals surface area contributed by atoms with Crippen LogP contribution in [0, 0.1) is 20.8 Å². The first kappa shape index (κ1) is 18.0. The molecule has 2 aromatic rings. The molecule has 2 rings (SSSR count). The number of hydrogen-bond donors (Lipinski definition) is 1. The van der Waals surface area contributed by atoms with Gasteiger partial charge in [-0.2, -0.15) is 10.2 Å². The number of aryl methyl sites for hydroxylation is 3. The van der Waals surface area contributed by atoms with Crippen molar-refractivity contribution in [2.24, 2.45) is 0 Å². The fourth-order valence-corrected chi connectivity index (χ4v) is 2.73. The summed E-state index contributed by atoms with van der Waals surface area (Å²) in [5.74, 6) is 0.0300. The Labute approximate surface area is 149 Å². The molecule has 6 nitrogen and oxygen atoms in total. The second-order valence-electron chi connectivity index (χ2n) is 5.46. The zero-order valence-corrected chi connectivity index (χ0v) is 15.9. The van der Waals surface area contributed by atoms with Gasteiger partial charge >= 0.3 is 0 Å². The van der Waals surface area contributed by atoms with Gasteiger partial charge in [0.25, 0.3) is 0 Å². The first-order valence-corrected chi connectivity index (χ1v) is 8.71. The number of rotatable bonds is 7. The number of carbonyl (C=O) groups excluding carboxylic acids is 1. The van der Waals surface area contributed by atoms with E-state index in [4.69, 9.17) is 11.6 Å². The number of nitrogens with zero attached hydrogens (tertiary/aromatic N) is 4. The highest BCUT2D eigenvalue weighted by molar-refractivity contribution is 9.10. The van der Waals surface area contributed by atoms with E-state index in [1.807, 2.05) is 30.1 Å². The molecular formula is C15H21BrClN5O. The molecule has 0 saturated heterocycles. The van der Waals surface area contributed by atoms with Crippen molar-refractivity contribution in [2.75, 3.05) is 6.54 Å². The number of hydrogen-bond acceptors (Lipinski definition) is 3. The van der Waals surface area contributed by atoms with Crippen LogP contribution in [0.3, 0.4) is 0 Å². The second kappa shape index (κ2) is 7.97. The van der Waals surface area contributed by atoms with E-state index in [9.17, 15) is 4.79 Å². The summed E-state index contributed by atoms with van der Waals surface area (Å²) in [4.78, 5) is 11.9. The van der Waals surface area contributed by atoms with Gasteiger partial charge in [-0.15, -0.1) is 0 Å². The van der Waals surface area contributed by atoms with E-state index >= 15 is 0 Å².